The van der Waals surface area contributed by atoms with Gasteiger partial charge >= 0.3 is 0 Å². The van der Waals surface area contributed by atoms with Gasteiger partial charge in [-0.1, -0.05) is 92.6 Å². The third-order valence-corrected chi connectivity index (χ3v) is 8.66. The molecule has 0 amide bonds. The third-order valence-electron chi connectivity index (χ3n) is 5.92. The summed E-state index contributed by atoms with van der Waals surface area (Å²) in [6.45, 7) is 8.99. The molecule has 2 heteroatoms. The summed E-state index contributed by atoms with van der Waals surface area (Å²) in [5.41, 5.74) is 8.42. The van der Waals surface area contributed by atoms with E-state index in [1.54, 1.807) is 10.4 Å². The van der Waals surface area contributed by atoms with Crippen LogP contribution >= 0.6 is 0 Å². The second kappa shape index (κ2) is 5.92. The van der Waals surface area contributed by atoms with E-state index in [1.165, 1.54) is 43.8 Å². The van der Waals surface area contributed by atoms with Crippen LogP contribution in [0.4, 0.5) is 0 Å². The number of hydrogen-bond donors (Lipinski definition) is 0. The van der Waals surface area contributed by atoms with E-state index in [4.69, 9.17) is 0 Å². The Hall–Kier alpha value is -2.17. The van der Waals surface area contributed by atoms with Crippen molar-refractivity contribution in [1.29, 1.82) is 0 Å². The number of aryl methyl sites for hydroxylation is 2. The highest BCUT2D eigenvalue weighted by Crippen LogP contribution is 2.57. The largest absolute Gasteiger partial charge is 0.111 e. The molecule has 0 nitrogen and oxygen atoms in total. The van der Waals surface area contributed by atoms with E-state index >= 15 is 0 Å². The van der Waals surface area contributed by atoms with Gasteiger partial charge in [0, 0.05) is 0 Å². The van der Waals surface area contributed by atoms with Crippen molar-refractivity contribution in [3.8, 4) is 11.1 Å². The van der Waals surface area contributed by atoms with Gasteiger partial charge < -0.3 is 0 Å². The number of fused-ring (bicyclic) bond motifs is 3. The van der Waals surface area contributed by atoms with Crippen LogP contribution in [0.1, 0.15) is 36.1 Å². The Morgan fingerprint density at radius 2 is 1.04 bits per heavy atom. The van der Waals surface area contributed by atoms with E-state index in [2.05, 4.69) is 88.4 Å². The Bertz CT molecular complexity index is 1020. The first kappa shape index (κ1) is 17.0. The van der Waals surface area contributed by atoms with E-state index in [-0.39, 0.29) is 5.41 Å². The molecule has 2 heterocycles. The molecule has 1 aliphatic carbocycles. The highest BCUT2D eigenvalue weighted by atomic mass is 28.2. The molecule has 0 saturated carbocycles. The lowest BCUT2D eigenvalue weighted by atomic mass is 9.75. The molecule has 0 saturated heterocycles. The molecule has 5 rings (SSSR count). The fourth-order valence-corrected chi connectivity index (χ4v) is 7.55. The van der Waals surface area contributed by atoms with Gasteiger partial charge in [0.15, 0.2) is 0 Å². The van der Waals surface area contributed by atoms with Gasteiger partial charge in [0.1, 0.15) is 19.0 Å². The van der Waals surface area contributed by atoms with Crippen molar-refractivity contribution in [2.45, 2.75) is 33.1 Å². The Morgan fingerprint density at radius 3 is 1.41 bits per heavy atom. The van der Waals surface area contributed by atoms with Crippen LogP contribution in [-0.2, 0) is 5.41 Å². The van der Waals surface area contributed by atoms with Crippen molar-refractivity contribution >= 4 is 19.0 Å². The molecule has 2 aromatic rings. The summed E-state index contributed by atoms with van der Waals surface area (Å²) in [5, 5.41) is 6.12. The molecule has 0 fully saturated rings. The summed E-state index contributed by atoms with van der Waals surface area (Å²) >= 11 is 0. The topological polar surface area (TPSA) is 0 Å². The fraction of sp³-hybridized carbons (Fsp3) is 0.200. The van der Waals surface area contributed by atoms with Crippen molar-refractivity contribution in [1.82, 2.24) is 0 Å². The van der Waals surface area contributed by atoms with E-state index in [0.717, 1.165) is 19.0 Å². The zero-order valence-corrected chi connectivity index (χ0v) is 18.3. The van der Waals surface area contributed by atoms with Crippen molar-refractivity contribution in [2.24, 2.45) is 0 Å². The lowest BCUT2D eigenvalue weighted by Gasteiger charge is -2.36. The maximum atomic E-state index is 2.45. The molecule has 27 heavy (non-hydrogen) atoms. The standard InChI is InChI=1S/C25H22Si2/c1-15-5-9-19-20-10-6-16(2)14-22(20)25(21(19)13-15,23-11-7-17(3)26-23)24-12-8-18(4)27-24/h5-14H,1-4H3. The molecule has 4 radical (unpaired) electrons. The highest BCUT2D eigenvalue weighted by molar-refractivity contribution is 6.60. The summed E-state index contributed by atoms with van der Waals surface area (Å²) < 4.78 is 0. The van der Waals surface area contributed by atoms with Crippen LogP contribution in [0, 0.1) is 13.8 Å². The first-order valence-corrected chi connectivity index (χ1v) is 11.5. The molecule has 0 spiro atoms. The third kappa shape index (κ3) is 2.33. The Balaban J connectivity index is 1.88. The molecule has 2 aliphatic heterocycles. The summed E-state index contributed by atoms with van der Waals surface area (Å²) in [5.74, 6) is 0. The average molecular weight is 379 g/mol. The predicted octanol–water partition coefficient (Wildman–Crippen LogP) is 5.58. The number of rotatable bonds is 2. The lowest BCUT2D eigenvalue weighted by Crippen LogP contribution is -2.34. The van der Waals surface area contributed by atoms with Crippen LogP contribution in [0.15, 0.2) is 81.5 Å². The summed E-state index contributed by atoms with van der Waals surface area (Å²) in [6.07, 6.45) is 9.49. The van der Waals surface area contributed by atoms with Gasteiger partial charge in [0.25, 0.3) is 0 Å². The Morgan fingerprint density at radius 1 is 0.593 bits per heavy atom. The van der Waals surface area contributed by atoms with E-state index in [0.29, 0.717) is 0 Å². The normalized spacial score (nSPS) is 19.3. The monoisotopic (exact) mass is 378 g/mol. The Kier molecular flexibility index (Phi) is 3.72. The molecule has 0 atom stereocenters. The maximum absolute atomic E-state index is 2.45. The van der Waals surface area contributed by atoms with E-state index < -0.39 is 0 Å². The van der Waals surface area contributed by atoms with Crippen molar-refractivity contribution in [2.75, 3.05) is 0 Å². The smallest absolute Gasteiger partial charge is 0.0827 e. The predicted molar refractivity (Wildman–Crippen MR) is 117 cm³/mol. The average Bonchev–Trinajstić information content (AvgIpc) is 3.31. The Labute approximate surface area is 167 Å². The minimum Gasteiger partial charge on any atom is -0.0827 e. The fourth-order valence-electron chi connectivity index (χ4n) is 4.72. The molecular weight excluding hydrogens is 356 g/mol. The number of hydrogen-bond acceptors (Lipinski definition) is 0. The van der Waals surface area contributed by atoms with Crippen LogP contribution in [0.25, 0.3) is 11.1 Å². The molecule has 0 N–H and O–H groups in total. The van der Waals surface area contributed by atoms with Gasteiger partial charge in [-0.2, -0.15) is 0 Å². The highest BCUT2D eigenvalue weighted by Gasteiger charge is 2.49. The van der Waals surface area contributed by atoms with Gasteiger partial charge in [0.05, 0.1) is 5.41 Å². The molecule has 0 aromatic heterocycles. The zero-order chi connectivity index (χ0) is 18.8. The van der Waals surface area contributed by atoms with Crippen LogP contribution < -0.4 is 0 Å². The molecule has 3 aliphatic rings. The van der Waals surface area contributed by atoms with Crippen molar-refractivity contribution in [3.63, 3.8) is 0 Å². The van der Waals surface area contributed by atoms with E-state index in [1.807, 2.05) is 0 Å². The molecule has 0 bridgehead atoms. The van der Waals surface area contributed by atoms with Crippen molar-refractivity contribution < 1.29 is 0 Å². The van der Waals surface area contributed by atoms with E-state index in [9.17, 15) is 0 Å². The first-order chi connectivity index (χ1) is 13.0. The maximum Gasteiger partial charge on any atom is 0.111 e. The quantitative estimate of drug-likeness (QED) is 0.598. The molecule has 0 unspecified atom stereocenters. The summed E-state index contributed by atoms with van der Waals surface area (Å²) in [4.78, 5) is 0. The summed E-state index contributed by atoms with van der Waals surface area (Å²) in [7, 11) is 1.56. The minimum atomic E-state index is -0.0951. The van der Waals surface area contributed by atoms with Crippen LogP contribution in [-0.4, -0.2) is 19.0 Å². The van der Waals surface area contributed by atoms with Crippen molar-refractivity contribution in [3.05, 3.63) is 104 Å². The van der Waals surface area contributed by atoms with Gasteiger partial charge in [0.2, 0.25) is 0 Å². The van der Waals surface area contributed by atoms with Crippen LogP contribution in [0.3, 0.4) is 0 Å². The number of allylic oxidation sites excluding steroid dienone is 8. The van der Waals surface area contributed by atoms with Gasteiger partial charge in [-0.15, -0.1) is 0 Å². The molecule has 130 valence electrons. The van der Waals surface area contributed by atoms with Crippen LogP contribution in [0.5, 0.6) is 0 Å². The molecule has 2 aromatic carbocycles. The minimum absolute atomic E-state index is 0.0951. The van der Waals surface area contributed by atoms with Gasteiger partial charge in [-0.25, -0.2) is 0 Å². The zero-order valence-electron chi connectivity index (χ0n) is 16.3. The molecular formula is C25H22Si2. The lowest BCUT2D eigenvalue weighted by molar-refractivity contribution is 0.802. The summed E-state index contributed by atoms with van der Waals surface area (Å²) in [6, 6.07) is 14.1. The SMILES string of the molecule is CC1=CC=C(C2(C3=CC=C(C)[Si]3)c3cc(C)ccc3-c3ccc(C)cc32)[Si]1. The second-order valence-corrected chi connectivity index (χ2v) is 11.1. The van der Waals surface area contributed by atoms with Gasteiger partial charge in [-0.05, 0) is 49.9 Å². The van der Waals surface area contributed by atoms with Crippen LogP contribution in [0.2, 0.25) is 0 Å². The number of benzene rings is 2. The first-order valence-electron chi connectivity index (χ1n) is 9.55. The second-order valence-electron chi connectivity index (χ2n) is 7.96. The van der Waals surface area contributed by atoms with Gasteiger partial charge in [-0.3, -0.25) is 0 Å².